The van der Waals surface area contributed by atoms with E-state index in [0.717, 1.165) is 0 Å². The minimum atomic E-state index is -0.716. The topological polar surface area (TPSA) is 85.5 Å². The number of H-pyrrole nitrogens is 1. The monoisotopic (exact) mass is 253 g/mol. The van der Waals surface area contributed by atoms with Crippen molar-refractivity contribution in [2.45, 2.75) is 20.8 Å². The first kappa shape index (κ1) is 14.0. The highest BCUT2D eigenvalue weighted by Crippen LogP contribution is 2.19. The fraction of sp³-hybridized carbons (Fsp3) is 0.417. The van der Waals surface area contributed by atoms with E-state index in [-0.39, 0.29) is 30.0 Å². The van der Waals surface area contributed by atoms with Crippen LogP contribution < -0.4 is 0 Å². The van der Waals surface area contributed by atoms with E-state index >= 15 is 0 Å². The van der Waals surface area contributed by atoms with Crippen molar-refractivity contribution in [1.82, 2.24) is 4.98 Å². The Labute approximate surface area is 104 Å². The second-order valence-electron chi connectivity index (χ2n) is 3.47. The molecule has 6 heteroatoms. The molecule has 98 valence electrons. The molecule has 0 spiro atoms. The van der Waals surface area contributed by atoms with Gasteiger partial charge in [-0.05, 0) is 20.8 Å². The quantitative estimate of drug-likeness (QED) is 0.634. The number of ether oxygens (including phenoxy) is 2. The fourth-order valence-corrected chi connectivity index (χ4v) is 1.56. The van der Waals surface area contributed by atoms with Crippen molar-refractivity contribution in [3.8, 4) is 0 Å². The third-order valence-electron chi connectivity index (χ3n) is 2.31. The van der Waals surface area contributed by atoms with Gasteiger partial charge in [0.15, 0.2) is 6.29 Å². The fourth-order valence-electron chi connectivity index (χ4n) is 1.56. The van der Waals surface area contributed by atoms with Crippen molar-refractivity contribution >= 4 is 18.2 Å². The molecule has 0 aromatic carbocycles. The van der Waals surface area contributed by atoms with E-state index in [9.17, 15) is 14.4 Å². The molecule has 0 aliphatic rings. The van der Waals surface area contributed by atoms with Crippen molar-refractivity contribution < 1.29 is 23.9 Å². The van der Waals surface area contributed by atoms with E-state index in [0.29, 0.717) is 12.0 Å². The number of aromatic amines is 1. The number of carbonyl (C=O) groups is 3. The summed E-state index contributed by atoms with van der Waals surface area (Å²) in [7, 11) is 0. The maximum atomic E-state index is 11.8. The lowest BCUT2D eigenvalue weighted by Gasteiger charge is -2.04. The number of rotatable bonds is 5. The molecule has 0 aliphatic heterocycles. The molecule has 0 bridgehead atoms. The maximum Gasteiger partial charge on any atom is 0.355 e. The van der Waals surface area contributed by atoms with Gasteiger partial charge in [-0.25, -0.2) is 9.59 Å². The number of hydrogen-bond donors (Lipinski definition) is 1. The summed E-state index contributed by atoms with van der Waals surface area (Å²) in [6.45, 7) is 5.22. The Morgan fingerprint density at radius 3 is 2.22 bits per heavy atom. The minimum Gasteiger partial charge on any atom is -0.462 e. The summed E-state index contributed by atoms with van der Waals surface area (Å²) in [4.78, 5) is 37.1. The molecule has 0 unspecified atom stereocenters. The predicted molar refractivity (Wildman–Crippen MR) is 62.8 cm³/mol. The molecular formula is C12H15NO5. The smallest absolute Gasteiger partial charge is 0.355 e. The summed E-state index contributed by atoms with van der Waals surface area (Å²) in [5, 5.41) is 0. The number of carbonyl (C=O) groups excluding carboxylic acids is 3. The van der Waals surface area contributed by atoms with Gasteiger partial charge in [-0.2, -0.15) is 0 Å². The molecule has 18 heavy (non-hydrogen) atoms. The van der Waals surface area contributed by atoms with E-state index in [1.807, 2.05) is 0 Å². The van der Waals surface area contributed by atoms with Crippen LogP contribution in [0.2, 0.25) is 0 Å². The van der Waals surface area contributed by atoms with E-state index < -0.39 is 11.9 Å². The average Bonchev–Trinajstić information content (AvgIpc) is 2.66. The van der Waals surface area contributed by atoms with Gasteiger partial charge in [0.1, 0.15) is 11.3 Å². The van der Waals surface area contributed by atoms with Crippen molar-refractivity contribution in [3.63, 3.8) is 0 Å². The Kier molecular flexibility index (Phi) is 4.65. The van der Waals surface area contributed by atoms with Crippen LogP contribution in [0.5, 0.6) is 0 Å². The third kappa shape index (κ3) is 2.58. The second-order valence-corrected chi connectivity index (χ2v) is 3.47. The van der Waals surface area contributed by atoms with Crippen LogP contribution in [0.25, 0.3) is 0 Å². The van der Waals surface area contributed by atoms with E-state index in [2.05, 4.69) is 4.98 Å². The predicted octanol–water partition coefficient (Wildman–Crippen LogP) is 1.49. The van der Waals surface area contributed by atoms with Crippen molar-refractivity contribution in [3.05, 3.63) is 22.5 Å². The molecule has 1 rings (SSSR count). The SMILES string of the molecule is CCOC(=O)c1[nH]c(C)c(C=O)c1C(=O)OCC. The van der Waals surface area contributed by atoms with Gasteiger partial charge >= 0.3 is 11.9 Å². The van der Waals surface area contributed by atoms with Gasteiger partial charge < -0.3 is 14.5 Å². The Bertz CT molecular complexity index is 475. The number of nitrogens with one attached hydrogen (secondary N) is 1. The van der Waals surface area contributed by atoms with Gasteiger partial charge in [0.25, 0.3) is 0 Å². The lowest BCUT2D eigenvalue weighted by molar-refractivity contribution is 0.0475. The van der Waals surface area contributed by atoms with Gasteiger partial charge in [0.2, 0.25) is 0 Å². The van der Waals surface area contributed by atoms with E-state index in [1.54, 1.807) is 20.8 Å². The molecule has 1 N–H and O–H groups in total. The number of aldehydes is 1. The Morgan fingerprint density at radius 1 is 1.17 bits per heavy atom. The first-order chi connectivity index (χ1) is 8.56. The van der Waals surface area contributed by atoms with Crippen LogP contribution in [0.1, 0.15) is 50.7 Å². The highest BCUT2D eigenvalue weighted by Gasteiger charge is 2.27. The van der Waals surface area contributed by atoms with Crippen molar-refractivity contribution in [1.29, 1.82) is 0 Å². The van der Waals surface area contributed by atoms with Crippen LogP contribution in [0.15, 0.2) is 0 Å². The molecule has 0 radical (unpaired) electrons. The normalized spacial score (nSPS) is 9.94. The van der Waals surface area contributed by atoms with E-state index in [1.165, 1.54) is 0 Å². The molecule has 6 nitrogen and oxygen atoms in total. The molecular weight excluding hydrogens is 238 g/mol. The van der Waals surface area contributed by atoms with Gasteiger partial charge in [-0.1, -0.05) is 0 Å². The lowest BCUT2D eigenvalue weighted by atomic mass is 10.1. The van der Waals surface area contributed by atoms with Crippen LogP contribution in [-0.4, -0.2) is 36.4 Å². The highest BCUT2D eigenvalue weighted by molar-refractivity contribution is 6.08. The molecule has 0 saturated heterocycles. The standard InChI is InChI=1S/C12H15NO5/c1-4-17-11(15)9-8(6-14)7(3)13-10(9)12(16)18-5-2/h6,13H,4-5H2,1-3H3. The Balaban J connectivity index is 3.29. The van der Waals surface area contributed by atoms with Crippen LogP contribution in [-0.2, 0) is 9.47 Å². The zero-order valence-corrected chi connectivity index (χ0v) is 10.5. The van der Waals surface area contributed by atoms with Gasteiger partial charge in [-0.3, -0.25) is 4.79 Å². The first-order valence-corrected chi connectivity index (χ1v) is 5.58. The average molecular weight is 253 g/mol. The summed E-state index contributed by atoms with van der Waals surface area (Å²) >= 11 is 0. The number of hydrogen-bond acceptors (Lipinski definition) is 5. The van der Waals surface area contributed by atoms with Gasteiger partial charge in [0.05, 0.1) is 18.8 Å². The summed E-state index contributed by atoms with van der Waals surface area (Å²) in [5.41, 5.74) is 0.435. The van der Waals surface area contributed by atoms with Crippen LogP contribution >= 0.6 is 0 Å². The highest BCUT2D eigenvalue weighted by atomic mass is 16.5. The number of aromatic nitrogens is 1. The minimum absolute atomic E-state index is 0.0464. The van der Waals surface area contributed by atoms with Crippen LogP contribution in [0, 0.1) is 6.92 Å². The third-order valence-corrected chi connectivity index (χ3v) is 2.31. The molecule has 0 aliphatic carbocycles. The van der Waals surface area contributed by atoms with E-state index in [4.69, 9.17) is 9.47 Å². The van der Waals surface area contributed by atoms with Crippen molar-refractivity contribution in [2.75, 3.05) is 13.2 Å². The molecule has 1 aromatic rings. The molecule has 1 heterocycles. The number of esters is 2. The van der Waals surface area contributed by atoms with Crippen LogP contribution in [0.4, 0.5) is 0 Å². The summed E-state index contributed by atoms with van der Waals surface area (Å²) < 4.78 is 9.64. The summed E-state index contributed by atoms with van der Waals surface area (Å²) in [6.07, 6.45) is 0.515. The Hall–Kier alpha value is -2.11. The first-order valence-electron chi connectivity index (χ1n) is 5.58. The van der Waals surface area contributed by atoms with Crippen LogP contribution in [0.3, 0.4) is 0 Å². The molecule has 0 fully saturated rings. The Morgan fingerprint density at radius 2 is 1.72 bits per heavy atom. The van der Waals surface area contributed by atoms with Gasteiger partial charge in [0, 0.05) is 5.69 Å². The zero-order valence-electron chi connectivity index (χ0n) is 10.5. The maximum absolute atomic E-state index is 11.8. The lowest BCUT2D eigenvalue weighted by Crippen LogP contribution is -2.14. The molecule has 0 saturated carbocycles. The van der Waals surface area contributed by atoms with Crippen molar-refractivity contribution in [2.24, 2.45) is 0 Å². The van der Waals surface area contributed by atoms with Gasteiger partial charge in [-0.15, -0.1) is 0 Å². The summed E-state index contributed by atoms with van der Waals surface area (Å²) in [6, 6.07) is 0. The zero-order chi connectivity index (χ0) is 13.7. The molecule has 0 atom stereocenters. The second kappa shape index (κ2) is 6.00. The molecule has 1 aromatic heterocycles. The molecule has 0 amide bonds. The number of aryl methyl sites for hydroxylation is 1. The largest absolute Gasteiger partial charge is 0.462 e. The summed E-state index contributed by atoms with van der Waals surface area (Å²) in [5.74, 6) is -1.40.